The molecule has 0 aliphatic rings. The van der Waals surface area contributed by atoms with Crippen molar-refractivity contribution in [1.82, 2.24) is 10.6 Å². The van der Waals surface area contributed by atoms with Gasteiger partial charge >= 0.3 is 11.9 Å². The van der Waals surface area contributed by atoms with Crippen molar-refractivity contribution in [3.8, 4) is 0 Å². The van der Waals surface area contributed by atoms with Gasteiger partial charge in [-0.05, 0) is 25.9 Å². The zero-order valence-electron chi connectivity index (χ0n) is 21.0. The summed E-state index contributed by atoms with van der Waals surface area (Å²) in [5.41, 5.74) is 10.7. The van der Waals surface area contributed by atoms with Crippen LogP contribution in [0.15, 0.2) is 0 Å². The van der Waals surface area contributed by atoms with Crippen molar-refractivity contribution in [2.75, 3.05) is 37.8 Å². The highest BCUT2D eigenvalue weighted by Gasteiger charge is 2.29. The first kappa shape index (κ1) is 35.8. The van der Waals surface area contributed by atoms with E-state index in [2.05, 4.69) is 10.6 Å². The van der Waals surface area contributed by atoms with Crippen LogP contribution in [-0.2, 0) is 28.8 Å². The number of carbonyl (C=O) groups is 6. The summed E-state index contributed by atoms with van der Waals surface area (Å²) in [6.07, 6.45) is 0.280. The molecular formula is C22H38N4O10S2. The molecule has 2 amide bonds. The predicted octanol–water partition coefficient (Wildman–Crippen LogP) is -1.88. The molecule has 0 radical (unpaired) electrons. The van der Waals surface area contributed by atoms with Crippen molar-refractivity contribution < 1.29 is 49.2 Å². The van der Waals surface area contributed by atoms with E-state index in [9.17, 15) is 49.2 Å². The maximum Gasteiger partial charge on any atom is 0.327 e. The first-order chi connectivity index (χ1) is 18.0. The third kappa shape index (κ3) is 15.2. The van der Waals surface area contributed by atoms with E-state index in [0.29, 0.717) is 19.4 Å². The van der Waals surface area contributed by atoms with Crippen molar-refractivity contribution in [2.24, 2.45) is 23.3 Å². The number of hydrogen-bond acceptors (Lipinski definition) is 12. The second kappa shape index (κ2) is 20.7. The minimum atomic E-state index is -1.37. The van der Waals surface area contributed by atoms with Crippen LogP contribution in [0.2, 0.25) is 0 Å². The van der Waals surface area contributed by atoms with Gasteiger partial charge in [0, 0.05) is 37.2 Å². The van der Waals surface area contributed by atoms with Gasteiger partial charge in [-0.1, -0.05) is 21.6 Å². The van der Waals surface area contributed by atoms with Gasteiger partial charge in [0.25, 0.3) is 0 Å². The smallest absolute Gasteiger partial charge is 0.327 e. The number of carbonyl (C=O) groups excluding carboxylic acids is 4. The van der Waals surface area contributed by atoms with Crippen LogP contribution >= 0.6 is 21.6 Å². The molecule has 0 heterocycles. The minimum absolute atomic E-state index is 0.0556. The quantitative estimate of drug-likeness (QED) is 0.0484. The van der Waals surface area contributed by atoms with E-state index in [-0.39, 0.29) is 43.1 Å². The topological polar surface area (TPSA) is 259 Å². The Morgan fingerprint density at radius 1 is 0.711 bits per heavy atom. The zero-order valence-corrected chi connectivity index (χ0v) is 22.6. The van der Waals surface area contributed by atoms with Crippen LogP contribution in [0.3, 0.4) is 0 Å². The Labute approximate surface area is 228 Å². The number of carboxylic acids is 2. The van der Waals surface area contributed by atoms with E-state index in [1.165, 1.54) is 0 Å². The summed E-state index contributed by atoms with van der Waals surface area (Å²) in [5, 5.41) is 42.4. The lowest BCUT2D eigenvalue weighted by molar-refractivity contribution is -0.143. The van der Waals surface area contributed by atoms with E-state index in [1.807, 2.05) is 0 Å². The molecule has 218 valence electrons. The fourth-order valence-corrected chi connectivity index (χ4v) is 5.44. The fraction of sp³-hybridized carbons (Fsp3) is 0.727. The van der Waals surface area contributed by atoms with Crippen molar-refractivity contribution in [1.29, 1.82) is 0 Å². The summed E-state index contributed by atoms with van der Waals surface area (Å²) >= 11 is 0. The molecule has 10 N–H and O–H groups in total. The van der Waals surface area contributed by atoms with Gasteiger partial charge < -0.3 is 42.5 Å². The molecule has 0 bridgehead atoms. The molecule has 0 rings (SSSR count). The van der Waals surface area contributed by atoms with Crippen molar-refractivity contribution in [2.45, 2.75) is 50.6 Å². The largest absolute Gasteiger partial charge is 0.481 e. The molecule has 0 fully saturated rings. The molecular weight excluding hydrogens is 544 g/mol. The number of Topliss-reactive ketones (excluding diaryl/α,β-unsaturated/α-hetero) is 2. The van der Waals surface area contributed by atoms with E-state index < -0.39 is 73.1 Å². The van der Waals surface area contributed by atoms with Crippen LogP contribution in [0, 0.1) is 11.8 Å². The Hall–Kier alpha value is -2.24. The summed E-state index contributed by atoms with van der Waals surface area (Å²) < 4.78 is 0. The lowest BCUT2D eigenvalue weighted by Gasteiger charge is -2.19. The molecule has 14 nitrogen and oxygen atoms in total. The summed E-state index contributed by atoms with van der Waals surface area (Å²) in [4.78, 5) is 71.6. The second-order valence-electron chi connectivity index (χ2n) is 8.38. The molecule has 0 aliphatic carbocycles. The first-order valence-corrected chi connectivity index (χ1v) is 14.4. The van der Waals surface area contributed by atoms with Gasteiger partial charge in [0.05, 0.1) is 25.0 Å². The van der Waals surface area contributed by atoms with Gasteiger partial charge in [-0.15, -0.1) is 0 Å². The second-order valence-corrected chi connectivity index (χ2v) is 10.9. The van der Waals surface area contributed by atoms with Crippen LogP contribution in [0.1, 0.15) is 38.5 Å². The van der Waals surface area contributed by atoms with Crippen molar-refractivity contribution in [3.05, 3.63) is 0 Å². The lowest BCUT2D eigenvalue weighted by Crippen LogP contribution is -2.46. The Morgan fingerprint density at radius 3 is 1.84 bits per heavy atom. The number of rotatable bonds is 23. The predicted molar refractivity (Wildman–Crippen MR) is 141 cm³/mol. The molecule has 0 saturated heterocycles. The maximum absolute atomic E-state index is 12.4. The van der Waals surface area contributed by atoms with Gasteiger partial charge in [0.15, 0.2) is 5.78 Å². The fourth-order valence-electron chi connectivity index (χ4n) is 2.99. The maximum atomic E-state index is 12.4. The summed E-state index contributed by atoms with van der Waals surface area (Å²) in [7, 11) is 1.93. The van der Waals surface area contributed by atoms with Gasteiger partial charge in [-0.2, -0.15) is 0 Å². The monoisotopic (exact) mass is 582 g/mol. The van der Waals surface area contributed by atoms with Crippen molar-refractivity contribution >= 4 is 56.9 Å². The highest BCUT2D eigenvalue weighted by molar-refractivity contribution is 8.76. The third-order valence-corrected chi connectivity index (χ3v) is 7.73. The molecule has 16 heteroatoms. The summed E-state index contributed by atoms with van der Waals surface area (Å²) in [6, 6.07) is -2.63. The Kier molecular flexibility index (Phi) is 19.5. The molecule has 4 atom stereocenters. The number of amides is 2. The molecule has 0 unspecified atom stereocenters. The van der Waals surface area contributed by atoms with Gasteiger partial charge in [-0.25, -0.2) is 4.79 Å². The number of ketones is 2. The van der Waals surface area contributed by atoms with Crippen LogP contribution in [0.4, 0.5) is 0 Å². The van der Waals surface area contributed by atoms with Crippen LogP contribution < -0.4 is 22.1 Å². The molecule has 0 spiro atoms. The SMILES string of the molecule is NCCCC(=O)C[C@@H](CO)C(=O)N[C@@H](CSSC[C@H](CC(=O)[C@H](CO)NC(=O)CCCN)C(=O)O)C(=O)O. The van der Waals surface area contributed by atoms with Gasteiger partial charge in [0.1, 0.15) is 17.9 Å². The summed E-state index contributed by atoms with van der Waals surface area (Å²) in [5.74, 6) is -7.45. The van der Waals surface area contributed by atoms with Crippen LogP contribution in [0.5, 0.6) is 0 Å². The highest BCUT2D eigenvalue weighted by atomic mass is 33.1. The molecule has 38 heavy (non-hydrogen) atoms. The average molecular weight is 583 g/mol. The van der Waals surface area contributed by atoms with E-state index >= 15 is 0 Å². The van der Waals surface area contributed by atoms with Crippen LogP contribution in [-0.4, -0.2) is 106 Å². The number of aliphatic hydroxyl groups is 2. The van der Waals surface area contributed by atoms with Crippen molar-refractivity contribution in [3.63, 3.8) is 0 Å². The van der Waals surface area contributed by atoms with E-state index in [0.717, 1.165) is 21.6 Å². The van der Waals surface area contributed by atoms with Gasteiger partial charge in [-0.3, -0.25) is 24.0 Å². The summed E-state index contributed by atoms with van der Waals surface area (Å²) in [6.45, 7) is -0.785. The standard InChI is InChI=1S/C22H38N4O10S2/c23-5-1-3-15(29)7-13(9-27)20(32)26-17(22(35)36)12-38-37-11-14(21(33)34)8-18(30)16(10-28)25-19(31)4-2-6-24/h13-14,16-17,27-28H,1-12,23-24H2,(H,25,31)(H,26,32)(H,33,34)(H,35,36)/t13-,14-,16-,17-/m0/s1. The Bertz CT molecular complexity index is 738. The van der Waals surface area contributed by atoms with Crippen LogP contribution in [0.25, 0.3) is 0 Å². The number of aliphatic carboxylic acids is 2. The number of carboxylic acid groups (broad SMARTS) is 2. The molecule has 0 saturated carbocycles. The molecule has 0 aromatic rings. The lowest BCUT2D eigenvalue weighted by atomic mass is 9.99. The molecule has 0 aliphatic heterocycles. The third-order valence-electron chi connectivity index (χ3n) is 5.24. The van der Waals surface area contributed by atoms with E-state index in [1.54, 1.807) is 0 Å². The zero-order chi connectivity index (χ0) is 29.1. The molecule has 0 aromatic carbocycles. The van der Waals surface area contributed by atoms with Gasteiger partial charge in [0.2, 0.25) is 11.8 Å². The number of aliphatic hydroxyl groups excluding tert-OH is 2. The number of nitrogens with two attached hydrogens (primary N) is 2. The number of hydrogen-bond donors (Lipinski definition) is 8. The highest BCUT2D eigenvalue weighted by Crippen LogP contribution is 2.27. The Morgan fingerprint density at radius 2 is 1.32 bits per heavy atom. The number of nitrogens with one attached hydrogen (secondary N) is 2. The normalized spacial score (nSPS) is 14.1. The first-order valence-electron chi connectivity index (χ1n) is 12.0. The molecule has 0 aromatic heterocycles. The Balaban J connectivity index is 4.84. The average Bonchev–Trinajstić information content (AvgIpc) is 2.88. The van der Waals surface area contributed by atoms with E-state index in [4.69, 9.17) is 11.5 Å². The minimum Gasteiger partial charge on any atom is -0.481 e.